The van der Waals surface area contributed by atoms with Crippen LogP contribution in [0, 0.1) is 0 Å². The van der Waals surface area contributed by atoms with Gasteiger partial charge in [-0.15, -0.1) is 5.10 Å². The molecule has 1 N–H and O–H groups in total. The molecule has 0 aliphatic carbocycles. The van der Waals surface area contributed by atoms with Crippen LogP contribution < -0.4 is 5.32 Å². The average molecular weight is 372 g/mol. The Morgan fingerprint density at radius 2 is 1.77 bits per heavy atom. The maximum atomic E-state index is 12.2. The number of hydrogen-bond donors (Lipinski definition) is 1. The monoisotopic (exact) mass is 372 g/mol. The van der Waals surface area contributed by atoms with Crippen LogP contribution in [0.1, 0.15) is 12.8 Å². The van der Waals surface area contributed by atoms with Gasteiger partial charge in [-0.3, -0.25) is 15.1 Å². The Hall–Kier alpha value is -3.07. The van der Waals surface area contributed by atoms with Crippen molar-refractivity contribution in [3.63, 3.8) is 0 Å². The second-order valence-corrected chi connectivity index (χ2v) is 7.54. The summed E-state index contributed by atoms with van der Waals surface area (Å²) < 4.78 is 29.7. The third-order valence-electron chi connectivity index (χ3n) is 3.52. The van der Waals surface area contributed by atoms with E-state index in [1.807, 2.05) is 0 Å². The lowest BCUT2D eigenvalue weighted by atomic mass is 10.3. The molecule has 8 nitrogen and oxygen atoms in total. The summed E-state index contributed by atoms with van der Waals surface area (Å²) in [6.07, 6.45) is 3.39. The van der Waals surface area contributed by atoms with Gasteiger partial charge in [0.25, 0.3) is 0 Å². The molecule has 0 saturated heterocycles. The molecule has 0 spiro atoms. The van der Waals surface area contributed by atoms with Crippen LogP contribution in [0.2, 0.25) is 0 Å². The predicted octanol–water partition coefficient (Wildman–Crippen LogP) is 2.32. The first-order valence-electron chi connectivity index (χ1n) is 7.86. The van der Waals surface area contributed by atoms with E-state index in [1.165, 1.54) is 12.1 Å². The highest BCUT2D eigenvalue weighted by Crippen LogP contribution is 2.18. The lowest BCUT2D eigenvalue weighted by Gasteiger charge is -2.04. The molecule has 3 rings (SSSR count). The number of rotatable bonds is 7. The molecule has 0 bridgehead atoms. The molecule has 2 aromatic heterocycles. The predicted molar refractivity (Wildman–Crippen MR) is 93.9 cm³/mol. The zero-order valence-electron chi connectivity index (χ0n) is 13.7. The van der Waals surface area contributed by atoms with Crippen molar-refractivity contribution in [2.45, 2.75) is 17.7 Å². The van der Waals surface area contributed by atoms with Crippen molar-refractivity contribution < 1.29 is 17.6 Å². The largest absolute Gasteiger partial charge is 0.403 e. The van der Waals surface area contributed by atoms with E-state index in [2.05, 4.69) is 20.5 Å². The van der Waals surface area contributed by atoms with E-state index in [4.69, 9.17) is 4.42 Å². The van der Waals surface area contributed by atoms with Gasteiger partial charge in [0.15, 0.2) is 9.84 Å². The first kappa shape index (κ1) is 17.7. The van der Waals surface area contributed by atoms with Gasteiger partial charge in [0.2, 0.25) is 11.8 Å². The first-order valence-corrected chi connectivity index (χ1v) is 9.51. The Bertz CT molecular complexity index is 972. The van der Waals surface area contributed by atoms with Crippen LogP contribution in [0.25, 0.3) is 11.5 Å². The SMILES string of the molecule is O=C(CCCS(=O)(=O)c1ccccc1)Nc1nnc(-c2ccncc2)o1. The van der Waals surface area contributed by atoms with Crippen molar-refractivity contribution in [1.82, 2.24) is 15.2 Å². The van der Waals surface area contributed by atoms with Crippen molar-refractivity contribution in [3.05, 3.63) is 54.9 Å². The number of carbonyl (C=O) groups is 1. The summed E-state index contributed by atoms with van der Waals surface area (Å²) in [5.41, 5.74) is 0.682. The van der Waals surface area contributed by atoms with Crippen LogP contribution in [-0.2, 0) is 14.6 Å². The number of nitrogens with one attached hydrogen (secondary N) is 1. The van der Waals surface area contributed by atoms with Crippen molar-refractivity contribution >= 4 is 21.8 Å². The van der Waals surface area contributed by atoms with E-state index in [0.29, 0.717) is 5.56 Å². The molecule has 1 aromatic carbocycles. The molecule has 9 heteroatoms. The molecule has 26 heavy (non-hydrogen) atoms. The molecule has 0 saturated carbocycles. The van der Waals surface area contributed by atoms with Crippen LogP contribution in [0.4, 0.5) is 6.01 Å². The van der Waals surface area contributed by atoms with Crippen LogP contribution in [0.3, 0.4) is 0 Å². The standard InChI is InChI=1S/C17H16N4O4S/c22-15(7-4-12-26(23,24)14-5-2-1-3-6-14)19-17-21-20-16(25-17)13-8-10-18-11-9-13/h1-3,5-6,8-11H,4,7,12H2,(H,19,21,22). The van der Waals surface area contributed by atoms with Crippen LogP contribution in [0.5, 0.6) is 0 Å². The minimum Gasteiger partial charge on any atom is -0.403 e. The van der Waals surface area contributed by atoms with Crippen molar-refractivity contribution in [1.29, 1.82) is 0 Å². The van der Waals surface area contributed by atoms with Gasteiger partial charge in [0, 0.05) is 24.4 Å². The number of anilines is 1. The number of amides is 1. The Labute approximate surface area is 150 Å². The summed E-state index contributed by atoms with van der Waals surface area (Å²) >= 11 is 0. The van der Waals surface area contributed by atoms with Crippen molar-refractivity contribution in [3.8, 4) is 11.5 Å². The Morgan fingerprint density at radius 1 is 1.04 bits per heavy atom. The third-order valence-corrected chi connectivity index (χ3v) is 5.33. The molecule has 3 aromatic rings. The van der Waals surface area contributed by atoms with Gasteiger partial charge in [-0.25, -0.2) is 8.42 Å². The molecule has 0 aliphatic heterocycles. The Kier molecular flexibility index (Phi) is 5.37. The molecule has 1 amide bonds. The molecule has 0 unspecified atom stereocenters. The minimum atomic E-state index is -3.40. The fourth-order valence-electron chi connectivity index (χ4n) is 2.24. The lowest BCUT2D eigenvalue weighted by molar-refractivity contribution is -0.116. The highest BCUT2D eigenvalue weighted by molar-refractivity contribution is 7.91. The molecule has 0 fully saturated rings. The number of sulfone groups is 1. The second-order valence-electron chi connectivity index (χ2n) is 5.43. The van der Waals surface area contributed by atoms with Crippen molar-refractivity contribution in [2.24, 2.45) is 0 Å². The summed E-state index contributed by atoms with van der Waals surface area (Å²) in [5, 5.41) is 10.1. The van der Waals surface area contributed by atoms with E-state index in [1.54, 1.807) is 42.7 Å². The Balaban J connectivity index is 1.51. The smallest absolute Gasteiger partial charge is 0.322 e. The van der Waals surface area contributed by atoms with Gasteiger partial charge in [-0.2, -0.15) is 0 Å². The van der Waals surface area contributed by atoms with Crippen LogP contribution >= 0.6 is 0 Å². The molecular formula is C17H16N4O4S. The number of benzene rings is 1. The van der Waals surface area contributed by atoms with Gasteiger partial charge in [-0.1, -0.05) is 23.3 Å². The summed E-state index contributed by atoms with van der Waals surface area (Å²) in [5.74, 6) is -0.246. The number of pyridine rings is 1. The molecule has 0 aliphatic rings. The highest BCUT2D eigenvalue weighted by atomic mass is 32.2. The van der Waals surface area contributed by atoms with E-state index in [9.17, 15) is 13.2 Å². The molecule has 134 valence electrons. The van der Waals surface area contributed by atoms with E-state index in [0.717, 1.165) is 0 Å². The number of hydrogen-bond acceptors (Lipinski definition) is 7. The second kappa shape index (κ2) is 7.87. The van der Waals surface area contributed by atoms with Crippen LogP contribution in [-0.4, -0.2) is 35.3 Å². The Morgan fingerprint density at radius 3 is 2.50 bits per heavy atom. The van der Waals surface area contributed by atoms with E-state index < -0.39 is 15.7 Å². The average Bonchev–Trinajstić information content (AvgIpc) is 3.11. The lowest BCUT2D eigenvalue weighted by Crippen LogP contribution is -2.14. The zero-order chi connectivity index (χ0) is 18.4. The molecule has 2 heterocycles. The van der Waals surface area contributed by atoms with E-state index >= 15 is 0 Å². The molecule has 0 atom stereocenters. The van der Waals surface area contributed by atoms with Gasteiger partial charge in [0.05, 0.1) is 10.6 Å². The number of aromatic nitrogens is 3. The van der Waals surface area contributed by atoms with Gasteiger partial charge in [0.1, 0.15) is 0 Å². The van der Waals surface area contributed by atoms with Gasteiger partial charge < -0.3 is 4.42 Å². The summed E-state index contributed by atoms with van der Waals surface area (Å²) in [6, 6.07) is 11.5. The fourth-order valence-corrected chi connectivity index (χ4v) is 3.57. The summed E-state index contributed by atoms with van der Waals surface area (Å²) in [7, 11) is -3.40. The maximum Gasteiger partial charge on any atom is 0.322 e. The minimum absolute atomic E-state index is 0.0268. The first-order chi connectivity index (χ1) is 12.5. The van der Waals surface area contributed by atoms with E-state index in [-0.39, 0.29) is 35.4 Å². The summed E-state index contributed by atoms with van der Waals surface area (Å²) in [6.45, 7) is 0. The topological polar surface area (TPSA) is 115 Å². The molecular weight excluding hydrogens is 356 g/mol. The quantitative estimate of drug-likeness (QED) is 0.676. The third kappa shape index (κ3) is 4.51. The van der Waals surface area contributed by atoms with Gasteiger partial charge in [-0.05, 0) is 30.7 Å². The summed E-state index contributed by atoms with van der Waals surface area (Å²) in [4.78, 5) is 16.1. The van der Waals surface area contributed by atoms with Crippen LogP contribution in [0.15, 0.2) is 64.2 Å². The zero-order valence-corrected chi connectivity index (χ0v) is 14.5. The van der Waals surface area contributed by atoms with Gasteiger partial charge >= 0.3 is 6.01 Å². The number of carbonyl (C=O) groups excluding carboxylic acids is 1. The van der Waals surface area contributed by atoms with Crippen molar-refractivity contribution in [2.75, 3.05) is 11.1 Å². The fraction of sp³-hybridized carbons (Fsp3) is 0.176. The maximum absolute atomic E-state index is 12.2. The number of nitrogens with zero attached hydrogens (tertiary/aromatic N) is 3. The normalized spacial score (nSPS) is 11.2. The highest BCUT2D eigenvalue weighted by Gasteiger charge is 2.16. The molecule has 0 radical (unpaired) electrons.